The molecule has 1 N–H and O–H groups in total. The van der Waals surface area contributed by atoms with E-state index in [0.717, 1.165) is 25.2 Å². The number of aromatic nitrogens is 1. The van der Waals surface area contributed by atoms with Crippen molar-refractivity contribution in [2.24, 2.45) is 0 Å². The number of amides is 2. The van der Waals surface area contributed by atoms with Crippen LogP contribution >= 0.6 is 0 Å². The number of carbonyl (C=O) groups is 2. The van der Waals surface area contributed by atoms with E-state index >= 15 is 0 Å². The van der Waals surface area contributed by atoms with Crippen LogP contribution in [0.25, 0.3) is 0 Å². The van der Waals surface area contributed by atoms with Crippen LogP contribution in [0.5, 0.6) is 0 Å². The highest BCUT2D eigenvalue weighted by molar-refractivity contribution is 5.89. The minimum atomic E-state index is -0.366. The molecule has 1 aromatic carbocycles. The molecule has 3 rings (SSSR count). The summed E-state index contributed by atoms with van der Waals surface area (Å²) in [6, 6.07) is 11.0. The lowest BCUT2D eigenvalue weighted by atomic mass is 10.1. The van der Waals surface area contributed by atoms with Crippen LogP contribution < -0.4 is 5.32 Å². The molecule has 2 aromatic rings. The average molecular weight is 368 g/mol. The number of urea groups is 1. The minimum absolute atomic E-state index is 0.0620. The fraction of sp³-hybridized carbons (Fsp3) is 0.350. The molecule has 2 heterocycles. The number of hydrogen-bond acceptors (Lipinski definition) is 5. The molecular formula is C20H24N4O3. The summed E-state index contributed by atoms with van der Waals surface area (Å²) in [5, 5.41) is 2.94. The van der Waals surface area contributed by atoms with Crippen LogP contribution in [0.15, 0.2) is 48.8 Å². The molecule has 7 nitrogen and oxygen atoms in total. The second kappa shape index (κ2) is 9.14. The maximum atomic E-state index is 12.4. The van der Waals surface area contributed by atoms with Gasteiger partial charge in [0, 0.05) is 51.7 Å². The van der Waals surface area contributed by atoms with Gasteiger partial charge in [-0.2, -0.15) is 0 Å². The van der Waals surface area contributed by atoms with E-state index in [4.69, 9.17) is 0 Å². The van der Waals surface area contributed by atoms with Crippen LogP contribution in [0.1, 0.15) is 21.5 Å². The Hall–Kier alpha value is -2.93. The largest absolute Gasteiger partial charge is 0.465 e. The Morgan fingerprint density at radius 1 is 1.07 bits per heavy atom. The van der Waals surface area contributed by atoms with E-state index in [-0.39, 0.29) is 12.0 Å². The van der Waals surface area contributed by atoms with E-state index in [1.165, 1.54) is 12.7 Å². The molecule has 0 radical (unpaired) electrons. The maximum Gasteiger partial charge on any atom is 0.337 e. The topological polar surface area (TPSA) is 74.8 Å². The average Bonchev–Trinajstić information content (AvgIpc) is 2.73. The Bertz CT molecular complexity index is 757. The molecule has 1 saturated heterocycles. The number of carbonyl (C=O) groups excluding carboxylic acids is 2. The number of nitrogens with zero attached hydrogens (tertiary/aromatic N) is 3. The van der Waals surface area contributed by atoms with Gasteiger partial charge in [0.15, 0.2) is 0 Å². The third-order valence-electron chi connectivity index (χ3n) is 4.61. The highest BCUT2D eigenvalue weighted by Crippen LogP contribution is 2.09. The van der Waals surface area contributed by atoms with Gasteiger partial charge in [0.05, 0.1) is 12.7 Å². The zero-order chi connectivity index (χ0) is 19.1. The molecule has 1 aliphatic heterocycles. The molecule has 1 aliphatic rings. The summed E-state index contributed by atoms with van der Waals surface area (Å²) < 4.78 is 4.68. The molecule has 1 fully saturated rings. The third kappa shape index (κ3) is 5.27. The molecular weight excluding hydrogens is 344 g/mol. The first-order chi connectivity index (χ1) is 13.2. The van der Waals surface area contributed by atoms with Crippen LogP contribution in [0.3, 0.4) is 0 Å². The van der Waals surface area contributed by atoms with E-state index in [0.29, 0.717) is 25.2 Å². The molecule has 27 heavy (non-hydrogen) atoms. The molecule has 0 bridgehead atoms. The summed E-state index contributed by atoms with van der Waals surface area (Å²) in [7, 11) is 1.35. The Kier molecular flexibility index (Phi) is 6.38. The molecule has 2 amide bonds. The van der Waals surface area contributed by atoms with E-state index < -0.39 is 0 Å². The van der Waals surface area contributed by atoms with Gasteiger partial charge in [-0.1, -0.05) is 18.2 Å². The molecule has 1 aromatic heterocycles. The van der Waals surface area contributed by atoms with E-state index in [1.807, 2.05) is 29.3 Å². The number of rotatable bonds is 5. The standard InChI is InChI=1S/C20H24N4O3/c1-27-19(25)18-6-4-16(5-7-18)14-22-20(26)24-11-9-23(10-12-24)15-17-3-2-8-21-13-17/h2-8,13H,9-12,14-15H2,1H3,(H,22,26). The number of ether oxygens (including phenoxy) is 1. The second-order valence-electron chi connectivity index (χ2n) is 6.47. The van der Waals surface area contributed by atoms with Crippen LogP contribution in [0.4, 0.5) is 4.79 Å². The lowest BCUT2D eigenvalue weighted by Gasteiger charge is -2.34. The number of methoxy groups -OCH3 is 1. The predicted molar refractivity (Wildman–Crippen MR) is 101 cm³/mol. The van der Waals surface area contributed by atoms with Gasteiger partial charge in [-0.25, -0.2) is 9.59 Å². The molecule has 142 valence electrons. The quantitative estimate of drug-likeness (QED) is 0.816. The van der Waals surface area contributed by atoms with Crippen molar-refractivity contribution >= 4 is 12.0 Å². The van der Waals surface area contributed by atoms with Gasteiger partial charge in [0.1, 0.15) is 0 Å². The fourth-order valence-electron chi connectivity index (χ4n) is 3.02. The van der Waals surface area contributed by atoms with E-state index in [2.05, 4.69) is 26.0 Å². The third-order valence-corrected chi connectivity index (χ3v) is 4.61. The number of nitrogens with one attached hydrogen (secondary N) is 1. The van der Waals surface area contributed by atoms with Crippen molar-refractivity contribution < 1.29 is 14.3 Å². The summed E-state index contributed by atoms with van der Waals surface area (Å²) in [5.74, 6) is -0.366. The maximum absolute atomic E-state index is 12.4. The Balaban J connectivity index is 1.42. The van der Waals surface area contributed by atoms with E-state index in [9.17, 15) is 9.59 Å². The predicted octanol–water partition coefficient (Wildman–Crippen LogP) is 1.90. The summed E-state index contributed by atoms with van der Waals surface area (Å²) in [6.07, 6.45) is 3.65. The number of esters is 1. The molecule has 0 unspecified atom stereocenters. The first kappa shape index (κ1) is 18.8. The zero-order valence-electron chi connectivity index (χ0n) is 15.4. The molecule has 0 saturated carbocycles. The molecule has 7 heteroatoms. The van der Waals surface area contributed by atoms with E-state index in [1.54, 1.807) is 18.3 Å². The van der Waals surface area contributed by atoms with Crippen molar-refractivity contribution in [1.29, 1.82) is 0 Å². The first-order valence-electron chi connectivity index (χ1n) is 8.97. The Morgan fingerprint density at radius 3 is 2.44 bits per heavy atom. The van der Waals surface area contributed by atoms with Gasteiger partial charge in [-0.15, -0.1) is 0 Å². The Morgan fingerprint density at radius 2 is 1.81 bits per heavy atom. The summed E-state index contributed by atoms with van der Waals surface area (Å²) in [6.45, 7) is 4.37. The van der Waals surface area contributed by atoms with Crippen LogP contribution in [0.2, 0.25) is 0 Å². The number of pyridine rings is 1. The van der Waals surface area contributed by atoms with Crippen molar-refractivity contribution in [2.75, 3.05) is 33.3 Å². The summed E-state index contributed by atoms with van der Waals surface area (Å²) in [4.78, 5) is 32.1. The summed E-state index contributed by atoms with van der Waals surface area (Å²) >= 11 is 0. The SMILES string of the molecule is COC(=O)c1ccc(CNC(=O)N2CCN(Cc3cccnc3)CC2)cc1. The van der Waals surface area contributed by atoms with Crippen molar-refractivity contribution in [3.63, 3.8) is 0 Å². The number of hydrogen-bond donors (Lipinski definition) is 1. The summed E-state index contributed by atoms with van der Waals surface area (Å²) in [5.41, 5.74) is 2.62. The lowest BCUT2D eigenvalue weighted by Crippen LogP contribution is -2.51. The molecule has 0 aliphatic carbocycles. The smallest absolute Gasteiger partial charge is 0.337 e. The molecule has 0 spiro atoms. The Labute approximate surface area is 158 Å². The van der Waals surface area contributed by atoms with Gasteiger partial charge >= 0.3 is 12.0 Å². The monoisotopic (exact) mass is 368 g/mol. The lowest BCUT2D eigenvalue weighted by molar-refractivity contribution is 0.0600. The van der Waals surface area contributed by atoms with Gasteiger partial charge in [0.2, 0.25) is 0 Å². The number of piperazine rings is 1. The van der Waals surface area contributed by atoms with Crippen LogP contribution in [0, 0.1) is 0 Å². The van der Waals surface area contributed by atoms with Gasteiger partial charge in [0.25, 0.3) is 0 Å². The highest BCUT2D eigenvalue weighted by Gasteiger charge is 2.20. The fourth-order valence-corrected chi connectivity index (χ4v) is 3.02. The number of benzene rings is 1. The first-order valence-corrected chi connectivity index (χ1v) is 8.97. The van der Waals surface area contributed by atoms with Gasteiger partial charge < -0.3 is 15.0 Å². The van der Waals surface area contributed by atoms with Crippen molar-refractivity contribution in [3.8, 4) is 0 Å². The highest BCUT2D eigenvalue weighted by atomic mass is 16.5. The van der Waals surface area contributed by atoms with Crippen molar-refractivity contribution in [1.82, 2.24) is 20.1 Å². The van der Waals surface area contributed by atoms with Gasteiger partial charge in [-0.3, -0.25) is 9.88 Å². The van der Waals surface area contributed by atoms with Crippen LogP contribution in [-0.2, 0) is 17.8 Å². The molecule has 0 atom stereocenters. The normalized spacial score (nSPS) is 14.6. The van der Waals surface area contributed by atoms with Gasteiger partial charge in [-0.05, 0) is 29.3 Å². The second-order valence-corrected chi connectivity index (χ2v) is 6.47. The van der Waals surface area contributed by atoms with Crippen molar-refractivity contribution in [3.05, 3.63) is 65.5 Å². The zero-order valence-corrected chi connectivity index (χ0v) is 15.4. The van der Waals surface area contributed by atoms with Crippen molar-refractivity contribution in [2.45, 2.75) is 13.1 Å². The van der Waals surface area contributed by atoms with Crippen LogP contribution in [-0.4, -0.2) is 60.1 Å². The minimum Gasteiger partial charge on any atom is -0.465 e.